The zero-order valence-corrected chi connectivity index (χ0v) is 11.1. The van der Waals surface area contributed by atoms with E-state index < -0.39 is 0 Å². The number of rotatable bonds is 6. The Morgan fingerprint density at radius 2 is 2.11 bits per heavy atom. The zero-order chi connectivity index (χ0) is 13.2. The standard InChI is InChI=1S/C13H22N4O/c1-17(13(16-14)15-9-11-18-2)10-8-12-6-4-3-5-7-12/h3-7H,8-11,14H2,1-2H3,(H,15,16). The summed E-state index contributed by atoms with van der Waals surface area (Å²) >= 11 is 0. The monoisotopic (exact) mass is 250 g/mol. The lowest BCUT2D eigenvalue weighted by molar-refractivity contribution is 0.207. The number of nitrogens with two attached hydrogens (primary N) is 1. The van der Waals surface area contributed by atoms with Crippen molar-refractivity contribution in [2.45, 2.75) is 6.42 Å². The van der Waals surface area contributed by atoms with E-state index in [4.69, 9.17) is 10.6 Å². The van der Waals surface area contributed by atoms with Crippen LogP contribution in [0.5, 0.6) is 0 Å². The molecule has 0 fully saturated rings. The van der Waals surface area contributed by atoms with E-state index in [0.29, 0.717) is 19.1 Å². The quantitative estimate of drug-likeness (QED) is 0.255. The minimum absolute atomic E-state index is 0.595. The minimum Gasteiger partial charge on any atom is -0.383 e. The van der Waals surface area contributed by atoms with Gasteiger partial charge in [-0.1, -0.05) is 30.3 Å². The molecule has 0 radical (unpaired) electrons. The van der Waals surface area contributed by atoms with Crippen LogP contribution < -0.4 is 11.3 Å². The van der Waals surface area contributed by atoms with Crippen LogP contribution in [-0.2, 0) is 11.2 Å². The van der Waals surface area contributed by atoms with Gasteiger partial charge >= 0.3 is 0 Å². The number of nitrogens with one attached hydrogen (secondary N) is 1. The van der Waals surface area contributed by atoms with Crippen LogP contribution in [0.3, 0.4) is 0 Å². The van der Waals surface area contributed by atoms with Gasteiger partial charge in [-0.25, -0.2) is 10.8 Å². The number of likely N-dealkylation sites (N-methyl/N-ethyl adjacent to an activating group) is 1. The molecule has 0 unspecified atom stereocenters. The van der Waals surface area contributed by atoms with Crippen LogP contribution in [0.15, 0.2) is 35.3 Å². The average molecular weight is 250 g/mol. The Hall–Kier alpha value is -1.59. The summed E-state index contributed by atoms with van der Waals surface area (Å²) in [5, 5.41) is 0. The number of methoxy groups -OCH3 is 1. The number of hydrogen-bond donors (Lipinski definition) is 2. The Morgan fingerprint density at radius 3 is 2.72 bits per heavy atom. The highest BCUT2D eigenvalue weighted by Crippen LogP contribution is 2.00. The molecule has 5 heteroatoms. The second-order valence-electron chi connectivity index (χ2n) is 4.00. The van der Waals surface area contributed by atoms with Gasteiger partial charge in [0, 0.05) is 20.7 Å². The molecule has 0 atom stereocenters. The summed E-state index contributed by atoms with van der Waals surface area (Å²) in [5.74, 6) is 6.14. The van der Waals surface area contributed by atoms with Gasteiger partial charge in [0.25, 0.3) is 0 Å². The van der Waals surface area contributed by atoms with Crippen LogP contribution in [-0.4, -0.2) is 44.7 Å². The summed E-state index contributed by atoms with van der Waals surface area (Å²) in [5.41, 5.74) is 3.92. The maximum atomic E-state index is 5.46. The highest BCUT2D eigenvalue weighted by atomic mass is 16.5. The van der Waals surface area contributed by atoms with E-state index in [2.05, 4.69) is 22.6 Å². The topological polar surface area (TPSA) is 62.9 Å². The van der Waals surface area contributed by atoms with Crippen LogP contribution >= 0.6 is 0 Å². The first kappa shape index (κ1) is 14.5. The number of nitrogens with zero attached hydrogens (tertiary/aromatic N) is 2. The molecular formula is C13H22N4O. The van der Waals surface area contributed by atoms with E-state index in [1.807, 2.05) is 30.1 Å². The molecule has 0 aliphatic rings. The van der Waals surface area contributed by atoms with Crippen LogP contribution in [0.4, 0.5) is 0 Å². The Morgan fingerprint density at radius 1 is 1.39 bits per heavy atom. The molecule has 5 nitrogen and oxygen atoms in total. The number of hydrazine groups is 1. The first-order valence-electron chi connectivity index (χ1n) is 6.03. The maximum Gasteiger partial charge on any atom is 0.208 e. The van der Waals surface area contributed by atoms with Crippen molar-refractivity contribution in [1.82, 2.24) is 10.3 Å². The number of ether oxygens (including phenoxy) is 1. The fraction of sp³-hybridized carbons (Fsp3) is 0.462. The molecule has 1 rings (SSSR count). The van der Waals surface area contributed by atoms with Crippen molar-refractivity contribution >= 4 is 5.96 Å². The van der Waals surface area contributed by atoms with Crippen molar-refractivity contribution in [3.8, 4) is 0 Å². The van der Waals surface area contributed by atoms with E-state index in [0.717, 1.165) is 13.0 Å². The van der Waals surface area contributed by atoms with E-state index >= 15 is 0 Å². The number of aliphatic imine (C=N–C) groups is 1. The first-order chi connectivity index (χ1) is 8.77. The largest absolute Gasteiger partial charge is 0.383 e. The van der Waals surface area contributed by atoms with Crippen molar-refractivity contribution in [1.29, 1.82) is 0 Å². The number of benzene rings is 1. The van der Waals surface area contributed by atoms with Crippen molar-refractivity contribution < 1.29 is 4.74 Å². The Kier molecular flexibility index (Phi) is 6.83. The minimum atomic E-state index is 0.595. The summed E-state index contributed by atoms with van der Waals surface area (Å²) in [4.78, 5) is 6.33. The molecule has 0 heterocycles. The Balaban J connectivity index is 2.42. The molecular weight excluding hydrogens is 228 g/mol. The molecule has 0 bridgehead atoms. The zero-order valence-electron chi connectivity index (χ0n) is 11.1. The Bertz CT molecular complexity index is 353. The third kappa shape index (κ3) is 5.16. The molecule has 100 valence electrons. The van der Waals surface area contributed by atoms with Gasteiger partial charge in [-0.15, -0.1) is 0 Å². The van der Waals surface area contributed by atoms with Gasteiger partial charge in [0.1, 0.15) is 0 Å². The average Bonchev–Trinajstić information content (AvgIpc) is 2.42. The smallest absolute Gasteiger partial charge is 0.208 e. The molecule has 3 N–H and O–H groups in total. The van der Waals surface area contributed by atoms with Gasteiger partial charge in [0.05, 0.1) is 13.2 Å². The molecule has 0 amide bonds. The summed E-state index contributed by atoms with van der Waals surface area (Å²) in [7, 11) is 3.62. The maximum absolute atomic E-state index is 5.46. The highest BCUT2D eigenvalue weighted by Gasteiger charge is 2.04. The predicted molar refractivity (Wildman–Crippen MR) is 74.3 cm³/mol. The van der Waals surface area contributed by atoms with E-state index in [-0.39, 0.29) is 0 Å². The van der Waals surface area contributed by atoms with E-state index in [1.165, 1.54) is 5.56 Å². The molecule has 0 aromatic heterocycles. The van der Waals surface area contributed by atoms with Gasteiger partial charge in [0.15, 0.2) is 0 Å². The second-order valence-corrected chi connectivity index (χ2v) is 4.00. The number of hydrogen-bond acceptors (Lipinski definition) is 3. The fourth-order valence-electron chi connectivity index (χ4n) is 1.57. The summed E-state index contributed by atoms with van der Waals surface area (Å²) in [6.45, 7) is 2.06. The van der Waals surface area contributed by atoms with Gasteiger partial charge in [-0.3, -0.25) is 5.43 Å². The molecule has 1 aromatic rings. The normalized spacial score (nSPS) is 11.4. The second kappa shape index (κ2) is 8.49. The first-order valence-corrected chi connectivity index (χ1v) is 6.03. The SMILES string of the molecule is COCCN=C(NN)N(C)CCc1ccccc1. The summed E-state index contributed by atoms with van der Waals surface area (Å²) in [6, 6.07) is 10.3. The van der Waals surface area contributed by atoms with Gasteiger partial charge in [-0.2, -0.15) is 0 Å². The molecule has 18 heavy (non-hydrogen) atoms. The van der Waals surface area contributed by atoms with Crippen molar-refractivity contribution in [3.63, 3.8) is 0 Å². The molecule has 0 saturated carbocycles. The van der Waals surface area contributed by atoms with Gasteiger partial charge in [-0.05, 0) is 12.0 Å². The van der Waals surface area contributed by atoms with Gasteiger partial charge < -0.3 is 9.64 Å². The summed E-state index contributed by atoms with van der Waals surface area (Å²) < 4.78 is 4.95. The fourth-order valence-corrected chi connectivity index (χ4v) is 1.57. The van der Waals surface area contributed by atoms with Crippen LogP contribution in [0.1, 0.15) is 5.56 Å². The molecule has 1 aromatic carbocycles. The molecule has 0 aliphatic heterocycles. The predicted octanol–water partition coefficient (Wildman–Crippen LogP) is 0.627. The van der Waals surface area contributed by atoms with Crippen molar-refractivity contribution in [2.24, 2.45) is 10.8 Å². The lowest BCUT2D eigenvalue weighted by Crippen LogP contribution is -2.43. The van der Waals surface area contributed by atoms with Crippen LogP contribution in [0.2, 0.25) is 0 Å². The summed E-state index contributed by atoms with van der Waals surface area (Å²) in [6.07, 6.45) is 0.961. The van der Waals surface area contributed by atoms with Crippen LogP contribution in [0, 0.1) is 0 Å². The molecule has 0 aliphatic carbocycles. The van der Waals surface area contributed by atoms with Gasteiger partial charge in [0.2, 0.25) is 5.96 Å². The lowest BCUT2D eigenvalue weighted by Gasteiger charge is -2.20. The third-order valence-electron chi connectivity index (χ3n) is 2.63. The number of guanidine groups is 1. The third-order valence-corrected chi connectivity index (χ3v) is 2.63. The van der Waals surface area contributed by atoms with E-state index in [1.54, 1.807) is 7.11 Å². The Labute approximate surface area is 109 Å². The van der Waals surface area contributed by atoms with E-state index in [9.17, 15) is 0 Å². The highest BCUT2D eigenvalue weighted by molar-refractivity contribution is 5.79. The van der Waals surface area contributed by atoms with Crippen LogP contribution in [0.25, 0.3) is 0 Å². The molecule has 0 saturated heterocycles. The van der Waals surface area contributed by atoms with Crippen molar-refractivity contribution in [3.05, 3.63) is 35.9 Å². The van der Waals surface area contributed by atoms with Crippen molar-refractivity contribution in [2.75, 3.05) is 33.9 Å². The lowest BCUT2D eigenvalue weighted by atomic mass is 10.1. The molecule has 0 spiro atoms.